The van der Waals surface area contributed by atoms with Crippen molar-refractivity contribution in [3.63, 3.8) is 0 Å². The molecule has 2 aliphatic rings. The highest BCUT2D eigenvalue weighted by atomic mass is 32.2. The number of carboxylic acid groups (broad SMARTS) is 1. The van der Waals surface area contributed by atoms with E-state index in [0.717, 1.165) is 16.4 Å². The Morgan fingerprint density at radius 2 is 2.14 bits per heavy atom. The molecule has 0 saturated carbocycles. The molecule has 3 heterocycles. The molecule has 1 aromatic heterocycles. The molecule has 2 amide bonds. The number of halogens is 1. The Morgan fingerprint density at radius 3 is 2.72 bits per heavy atom. The van der Waals surface area contributed by atoms with E-state index in [0.29, 0.717) is 23.1 Å². The predicted molar refractivity (Wildman–Crippen MR) is 127 cm³/mol. The first-order valence-corrected chi connectivity index (χ1v) is 12.3. The molecule has 0 aliphatic carbocycles. The Labute approximate surface area is 213 Å². The van der Waals surface area contributed by atoms with Crippen LogP contribution in [0.2, 0.25) is 0 Å². The maximum absolute atomic E-state index is 12.9. The summed E-state index contributed by atoms with van der Waals surface area (Å²) in [5.74, 6) is -3.08. The van der Waals surface area contributed by atoms with E-state index in [2.05, 4.69) is 24.7 Å². The average Bonchev–Trinajstić information content (AvgIpc) is 3.21. The average molecular weight is 542 g/mol. The van der Waals surface area contributed by atoms with Gasteiger partial charge in [-0.15, -0.1) is 11.8 Å². The number of aliphatic carboxylic acids is 1. The standard InChI is InChI=1S/C20H24FN7O6S2/c1-10(29)7-28(2,3)6-4-5-11-8-35-18-13(17(31)27(18)14(11)19(32)33)23-16(30)12(25-34-9-21)15-24-20(22)36-26-15/h4-5,13,18H,6-9H2,1-3H3,(H3-,22,23,24,26,30,32,33)/b5-4+,25-12-/t13-,18+/m1/s1. The van der Waals surface area contributed by atoms with Crippen LogP contribution in [0.25, 0.3) is 0 Å². The van der Waals surface area contributed by atoms with Gasteiger partial charge in [0.15, 0.2) is 10.9 Å². The van der Waals surface area contributed by atoms with Gasteiger partial charge < -0.3 is 30.3 Å². The second-order valence-corrected chi connectivity index (χ2v) is 10.4. The second-order valence-electron chi connectivity index (χ2n) is 8.54. The molecular weight excluding hydrogens is 517 g/mol. The zero-order valence-corrected chi connectivity index (χ0v) is 21.2. The van der Waals surface area contributed by atoms with Gasteiger partial charge in [-0.1, -0.05) is 11.2 Å². The first kappa shape index (κ1) is 27.2. The summed E-state index contributed by atoms with van der Waals surface area (Å²) in [7, 11) is 3.73. The number of quaternary nitrogens is 1. The molecule has 36 heavy (non-hydrogen) atoms. The van der Waals surface area contributed by atoms with Gasteiger partial charge in [0.1, 0.15) is 18.0 Å². The number of likely N-dealkylation sites (N-methyl/N-ethyl adjacent to an activating group) is 1. The molecule has 194 valence electrons. The minimum Gasteiger partial charge on any atom is -0.543 e. The number of nitrogens with zero attached hydrogens (tertiary/aromatic N) is 5. The van der Waals surface area contributed by atoms with E-state index in [4.69, 9.17) is 5.73 Å². The summed E-state index contributed by atoms with van der Waals surface area (Å²) in [6.07, 6.45) is 3.34. The molecule has 1 fully saturated rings. The van der Waals surface area contributed by atoms with Crippen molar-refractivity contribution < 1.29 is 38.0 Å². The summed E-state index contributed by atoms with van der Waals surface area (Å²) >= 11 is 2.02. The van der Waals surface area contributed by atoms with Crippen LogP contribution in [0.15, 0.2) is 28.6 Å². The zero-order valence-electron chi connectivity index (χ0n) is 19.6. The Balaban J connectivity index is 1.76. The number of alkyl halides is 1. The summed E-state index contributed by atoms with van der Waals surface area (Å²) < 4.78 is 16.7. The predicted octanol–water partition coefficient (Wildman–Crippen LogP) is -1.61. The number of anilines is 1. The largest absolute Gasteiger partial charge is 0.543 e. The lowest BCUT2D eigenvalue weighted by atomic mass is 10.0. The number of amides is 2. The Hall–Kier alpha value is -3.37. The normalized spacial score (nSPS) is 20.3. The number of rotatable bonds is 11. The number of nitrogen functional groups attached to an aromatic ring is 1. The highest BCUT2D eigenvalue weighted by Crippen LogP contribution is 2.40. The van der Waals surface area contributed by atoms with Gasteiger partial charge in [0.2, 0.25) is 11.5 Å². The Morgan fingerprint density at radius 1 is 1.42 bits per heavy atom. The number of nitrogens with two attached hydrogens (primary N) is 1. The SMILES string of the molecule is CC(=O)C[N+](C)(C)C/C=C/C1=C(C(=O)[O-])N2C(=O)[C@@H](NC(=O)/C(=N\OCF)c3nsc(N)n3)[C@@H]2SC1. The van der Waals surface area contributed by atoms with E-state index in [9.17, 15) is 28.7 Å². The highest BCUT2D eigenvalue weighted by molar-refractivity contribution is 8.00. The van der Waals surface area contributed by atoms with Crippen LogP contribution in [-0.4, -0.2) is 99.2 Å². The number of carbonyl (C=O) groups excluding carboxylic acids is 4. The third-order valence-corrected chi connectivity index (χ3v) is 6.97. The summed E-state index contributed by atoms with van der Waals surface area (Å²) in [6, 6.07) is -1.08. The summed E-state index contributed by atoms with van der Waals surface area (Å²) in [6.45, 7) is 0.952. The lowest BCUT2D eigenvalue weighted by molar-refractivity contribution is -0.876. The van der Waals surface area contributed by atoms with Crippen LogP contribution < -0.4 is 16.2 Å². The first-order valence-electron chi connectivity index (χ1n) is 10.5. The maximum Gasteiger partial charge on any atom is 0.278 e. The molecule has 1 saturated heterocycles. The molecule has 0 unspecified atom stereocenters. The molecule has 1 aromatic rings. The van der Waals surface area contributed by atoms with Crippen molar-refractivity contribution in [2.75, 3.05) is 45.5 Å². The van der Waals surface area contributed by atoms with Crippen LogP contribution in [-0.2, 0) is 24.0 Å². The van der Waals surface area contributed by atoms with Crippen molar-refractivity contribution in [2.45, 2.75) is 18.3 Å². The van der Waals surface area contributed by atoms with E-state index in [-0.39, 0.29) is 28.2 Å². The smallest absolute Gasteiger partial charge is 0.278 e. The lowest BCUT2D eigenvalue weighted by Gasteiger charge is -2.50. The molecule has 2 atom stereocenters. The topological polar surface area (TPSA) is 180 Å². The number of carbonyl (C=O) groups is 4. The van der Waals surface area contributed by atoms with E-state index in [1.165, 1.54) is 18.7 Å². The molecular formula is C20H24FN7O6S2. The number of Topliss-reactive ketones (excluding diaryl/α,β-unsaturated/α-hetero) is 1. The number of ketones is 1. The molecule has 0 radical (unpaired) electrons. The van der Waals surface area contributed by atoms with E-state index >= 15 is 0 Å². The molecule has 0 bridgehead atoms. The molecule has 13 nitrogen and oxygen atoms in total. The van der Waals surface area contributed by atoms with Gasteiger partial charge in [0.05, 0.1) is 32.3 Å². The van der Waals surface area contributed by atoms with Crippen LogP contribution in [0.1, 0.15) is 12.7 Å². The molecule has 3 N–H and O–H groups in total. The van der Waals surface area contributed by atoms with Crippen molar-refractivity contribution >= 4 is 57.7 Å². The molecule has 2 aliphatic heterocycles. The fraction of sp³-hybridized carbons (Fsp3) is 0.450. The van der Waals surface area contributed by atoms with E-state index in [1.54, 1.807) is 12.2 Å². The van der Waals surface area contributed by atoms with Gasteiger partial charge in [0, 0.05) is 24.2 Å². The van der Waals surface area contributed by atoms with Crippen molar-refractivity contribution in [3.05, 3.63) is 29.2 Å². The van der Waals surface area contributed by atoms with Crippen LogP contribution in [0.3, 0.4) is 0 Å². The third kappa shape index (κ3) is 6.06. The number of oxime groups is 1. The summed E-state index contributed by atoms with van der Waals surface area (Å²) in [4.78, 5) is 58.1. The lowest BCUT2D eigenvalue weighted by Crippen LogP contribution is -2.71. The number of allylic oxidation sites excluding steroid dienone is 1. The van der Waals surface area contributed by atoms with Crippen LogP contribution in [0.5, 0.6) is 0 Å². The van der Waals surface area contributed by atoms with E-state index in [1.807, 2.05) is 14.1 Å². The number of aromatic nitrogens is 2. The third-order valence-electron chi connectivity index (χ3n) is 5.12. The van der Waals surface area contributed by atoms with Crippen LogP contribution in [0.4, 0.5) is 9.52 Å². The van der Waals surface area contributed by atoms with Gasteiger partial charge in [-0.2, -0.15) is 9.36 Å². The molecule has 3 rings (SSSR count). The number of nitrogens with one attached hydrogen (secondary N) is 1. The Kier molecular flexibility index (Phi) is 8.42. The number of carboxylic acids is 1. The van der Waals surface area contributed by atoms with Gasteiger partial charge >= 0.3 is 0 Å². The summed E-state index contributed by atoms with van der Waals surface area (Å²) in [5, 5.41) is 17.0. The van der Waals surface area contributed by atoms with Gasteiger partial charge in [-0.05, 0) is 11.6 Å². The van der Waals surface area contributed by atoms with Crippen molar-refractivity contribution in [3.8, 4) is 0 Å². The minimum absolute atomic E-state index is 0.0249. The maximum atomic E-state index is 12.9. The molecule has 16 heteroatoms. The van der Waals surface area contributed by atoms with Crippen LogP contribution in [0, 0.1) is 0 Å². The monoisotopic (exact) mass is 541 g/mol. The van der Waals surface area contributed by atoms with Gasteiger partial charge in [-0.25, -0.2) is 4.39 Å². The number of β-lactam (4-membered cyclic amide) rings is 1. The van der Waals surface area contributed by atoms with E-state index < -0.39 is 41.8 Å². The number of hydrogen-bond acceptors (Lipinski definition) is 12. The summed E-state index contributed by atoms with van der Waals surface area (Å²) in [5.41, 5.74) is 5.12. The van der Waals surface area contributed by atoms with Crippen molar-refractivity contribution in [1.82, 2.24) is 19.6 Å². The van der Waals surface area contributed by atoms with Gasteiger partial charge in [0.25, 0.3) is 18.7 Å². The molecule has 0 spiro atoms. The van der Waals surface area contributed by atoms with Gasteiger partial charge in [-0.3, -0.25) is 19.3 Å². The van der Waals surface area contributed by atoms with Crippen molar-refractivity contribution in [2.24, 2.45) is 5.16 Å². The fourth-order valence-electron chi connectivity index (χ4n) is 3.72. The fourth-order valence-corrected chi connectivity index (χ4v) is 5.47. The highest BCUT2D eigenvalue weighted by Gasteiger charge is 2.53. The molecule has 0 aromatic carbocycles. The second kappa shape index (κ2) is 11.1. The quantitative estimate of drug-likeness (QED) is 0.143. The number of thioether (sulfide) groups is 1. The Bertz CT molecular complexity index is 1170. The number of fused-ring (bicyclic) bond motifs is 1. The van der Waals surface area contributed by atoms with Crippen molar-refractivity contribution in [1.29, 1.82) is 0 Å². The van der Waals surface area contributed by atoms with Crippen LogP contribution >= 0.6 is 23.3 Å². The zero-order chi connectivity index (χ0) is 26.6. The first-order chi connectivity index (χ1) is 16.9. The minimum atomic E-state index is -1.53. The number of hydrogen-bond donors (Lipinski definition) is 2.